The van der Waals surface area contributed by atoms with Gasteiger partial charge in [-0.15, -0.1) is 0 Å². The number of hydrogen-bond acceptors (Lipinski definition) is 3. The Morgan fingerprint density at radius 2 is 2.00 bits per heavy atom. The van der Waals surface area contributed by atoms with Crippen molar-refractivity contribution in [2.75, 3.05) is 0 Å². The molecule has 0 saturated carbocycles. The Kier molecular flexibility index (Phi) is 5.72. The number of halogens is 1. The molecule has 2 aromatic rings. The van der Waals surface area contributed by atoms with E-state index in [0.29, 0.717) is 5.56 Å². The van der Waals surface area contributed by atoms with Gasteiger partial charge in [0, 0.05) is 15.6 Å². The molecule has 0 aromatic heterocycles. The van der Waals surface area contributed by atoms with E-state index in [-0.39, 0.29) is 12.0 Å². The molecule has 0 saturated heterocycles. The Bertz CT molecular complexity index is 684. The van der Waals surface area contributed by atoms with Crippen LogP contribution in [0.5, 0.6) is 5.75 Å². The van der Waals surface area contributed by atoms with Gasteiger partial charge in [-0.3, -0.25) is 4.79 Å². The van der Waals surface area contributed by atoms with Gasteiger partial charge in [0.25, 0.3) is 5.91 Å². The fourth-order valence-corrected chi connectivity index (χ4v) is 2.20. The lowest BCUT2D eigenvalue weighted by Gasteiger charge is -2.11. The van der Waals surface area contributed by atoms with Crippen LogP contribution in [0.1, 0.15) is 29.8 Å². The zero-order chi connectivity index (χ0) is 15.9. The zero-order valence-electron chi connectivity index (χ0n) is 12.4. The molecular formula is C17H17BrN2O2. The van der Waals surface area contributed by atoms with Gasteiger partial charge in [-0.05, 0) is 44.2 Å². The van der Waals surface area contributed by atoms with Gasteiger partial charge in [0.15, 0.2) is 0 Å². The molecule has 4 nitrogen and oxygen atoms in total. The van der Waals surface area contributed by atoms with E-state index < -0.39 is 0 Å². The summed E-state index contributed by atoms with van der Waals surface area (Å²) in [6, 6.07) is 14.7. The Labute approximate surface area is 138 Å². The van der Waals surface area contributed by atoms with Crippen LogP contribution in [-0.2, 0) is 0 Å². The fourth-order valence-electron chi connectivity index (χ4n) is 1.80. The minimum atomic E-state index is -0.264. The van der Waals surface area contributed by atoms with Crippen molar-refractivity contribution in [1.29, 1.82) is 0 Å². The highest BCUT2D eigenvalue weighted by Gasteiger charge is 2.05. The van der Waals surface area contributed by atoms with Crippen LogP contribution in [0.3, 0.4) is 0 Å². The van der Waals surface area contributed by atoms with Crippen molar-refractivity contribution < 1.29 is 9.53 Å². The summed E-state index contributed by atoms with van der Waals surface area (Å²) >= 11 is 3.33. The average Bonchev–Trinajstić information content (AvgIpc) is 2.48. The van der Waals surface area contributed by atoms with Crippen molar-refractivity contribution in [3.63, 3.8) is 0 Å². The summed E-state index contributed by atoms with van der Waals surface area (Å²) in [7, 11) is 0. The van der Waals surface area contributed by atoms with Gasteiger partial charge in [0.05, 0.1) is 12.3 Å². The predicted molar refractivity (Wildman–Crippen MR) is 91.4 cm³/mol. The van der Waals surface area contributed by atoms with Crippen molar-refractivity contribution in [3.05, 3.63) is 64.1 Å². The third kappa shape index (κ3) is 4.70. The number of para-hydroxylation sites is 1. The van der Waals surface area contributed by atoms with Crippen LogP contribution < -0.4 is 10.2 Å². The van der Waals surface area contributed by atoms with Crippen LogP contribution in [0.2, 0.25) is 0 Å². The largest absolute Gasteiger partial charge is 0.490 e. The molecule has 0 heterocycles. The van der Waals surface area contributed by atoms with Crippen LogP contribution in [0.4, 0.5) is 0 Å². The number of nitrogens with one attached hydrogen (secondary N) is 1. The van der Waals surface area contributed by atoms with E-state index in [1.165, 1.54) is 0 Å². The molecule has 0 spiro atoms. The molecule has 0 bridgehead atoms. The topological polar surface area (TPSA) is 50.7 Å². The van der Waals surface area contributed by atoms with Gasteiger partial charge in [-0.25, -0.2) is 5.43 Å². The molecule has 0 atom stereocenters. The Morgan fingerprint density at radius 3 is 2.73 bits per heavy atom. The Balaban J connectivity index is 2.05. The number of carbonyl (C=O) groups is 1. The molecule has 0 aliphatic heterocycles. The quantitative estimate of drug-likeness (QED) is 0.647. The molecule has 2 aromatic carbocycles. The van der Waals surface area contributed by atoms with Crippen molar-refractivity contribution in [2.45, 2.75) is 20.0 Å². The molecule has 0 unspecified atom stereocenters. The first-order valence-corrected chi connectivity index (χ1v) is 7.70. The Morgan fingerprint density at radius 1 is 1.23 bits per heavy atom. The number of hydrazone groups is 1. The lowest BCUT2D eigenvalue weighted by Crippen LogP contribution is -2.17. The van der Waals surface area contributed by atoms with E-state index in [9.17, 15) is 4.79 Å². The van der Waals surface area contributed by atoms with Crippen LogP contribution in [0.25, 0.3) is 0 Å². The molecular weight excluding hydrogens is 344 g/mol. The van der Waals surface area contributed by atoms with Gasteiger partial charge >= 0.3 is 0 Å². The third-order valence-electron chi connectivity index (χ3n) is 2.74. The maximum absolute atomic E-state index is 12.0. The van der Waals surface area contributed by atoms with Crippen molar-refractivity contribution >= 4 is 28.1 Å². The molecule has 0 fully saturated rings. The highest BCUT2D eigenvalue weighted by Crippen LogP contribution is 2.17. The minimum Gasteiger partial charge on any atom is -0.490 e. The van der Waals surface area contributed by atoms with Crippen LogP contribution in [0, 0.1) is 0 Å². The van der Waals surface area contributed by atoms with Gasteiger partial charge in [0.1, 0.15) is 5.75 Å². The highest BCUT2D eigenvalue weighted by atomic mass is 79.9. The minimum absolute atomic E-state index is 0.0748. The molecule has 0 radical (unpaired) electrons. The summed E-state index contributed by atoms with van der Waals surface area (Å²) in [6.07, 6.45) is 1.65. The van der Waals surface area contributed by atoms with Crippen molar-refractivity contribution in [2.24, 2.45) is 5.10 Å². The van der Waals surface area contributed by atoms with E-state index in [2.05, 4.69) is 26.5 Å². The second-order valence-corrected chi connectivity index (χ2v) is 5.83. The number of hydrogen-bond donors (Lipinski definition) is 1. The first-order chi connectivity index (χ1) is 10.6. The molecule has 114 valence electrons. The number of carbonyl (C=O) groups excluding carboxylic acids is 1. The number of benzene rings is 2. The summed E-state index contributed by atoms with van der Waals surface area (Å²) in [6.45, 7) is 3.92. The number of ether oxygens (including phenoxy) is 1. The Hall–Kier alpha value is -2.14. The number of rotatable bonds is 5. The maximum atomic E-state index is 12.0. The molecule has 22 heavy (non-hydrogen) atoms. The monoisotopic (exact) mass is 360 g/mol. The van der Waals surface area contributed by atoms with Crippen LogP contribution in [0.15, 0.2) is 58.1 Å². The lowest BCUT2D eigenvalue weighted by molar-refractivity contribution is 0.0955. The predicted octanol–water partition coefficient (Wildman–Crippen LogP) is 4.00. The summed E-state index contributed by atoms with van der Waals surface area (Å²) in [5.41, 5.74) is 3.86. The molecule has 1 N–H and O–H groups in total. The van der Waals surface area contributed by atoms with E-state index >= 15 is 0 Å². The molecule has 5 heteroatoms. The summed E-state index contributed by atoms with van der Waals surface area (Å²) in [5, 5.41) is 4.00. The normalized spacial score (nSPS) is 10.9. The fraction of sp³-hybridized carbons (Fsp3) is 0.176. The average molecular weight is 361 g/mol. The van der Waals surface area contributed by atoms with E-state index in [1.54, 1.807) is 24.4 Å². The summed E-state index contributed by atoms with van der Waals surface area (Å²) < 4.78 is 6.54. The lowest BCUT2D eigenvalue weighted by atomic mass is 10.2. The van der Waals surface area contributed by atoms with Gasteiger partial charge in [0.2, 0.25) is 0 Å². The first kappa shape index (κ1) is 16.2. The van der Waals surface area contributed by atoms with E-state index in [1.807, 2.05) is 44.2 Å². The first-order valence-electron chi connectivity index (χ1n) is 6.91. The van der Waals surface area contributed by atoms with Crippen molar-refractivity contribution in [1.82, 2.24) is 5.43 Å². The highest BCUT2D eigenvalue weighted by molar-refractivity contribution is 9.10. The zero-order valence-corrected chi connectivity index (χ0v) is 14.0. The number of amides is 1. The van der Waals surface area contributed by atoms with Crippen molar-refractivity contribution in [3.8, 4) is 5.75 Å². The summed E-state index contributed by atoms with van der Waals surface area (Å²) in [5.74, 6) is 0.470. The molecule has 0 aliphatic carbocycles. The SMILES string of the molecule is CC(C)Oc1ccccc1/C=N\NC(=O)c1cccc(Br)c1. The standard InChI is InChI=1S/C17H17BrN2O2/c1-12(2)22-16-9-4-3-6-14(16)11-19-20-17(21)13-7-5-8-15(18)10-13/h3-12H,1-2H3,(H,20,21)/b19-11-. The van der Waals surface area contributed by atoms with Gasteiger partial charge in [-0.1, -0.05) is 34.1 Å². The second kappa shape index (κ2) is 7.75. The van der Waals surface area contributed by atoms with Crippen LogP contribution >= 0.6 is 15.9 Å². The van der Waals surface area contributed by atoms with Gasteiger partial charge < -0.3 is 4.74 Å². The van der Waals surface area contributed by atoms with E-state index in [0.717, 1.165) is 15.8 Å². The van der Waals surface area contributed by atoms with Crippen LogP contribution in [-0.4, -0.2) is 18.2 Å². The molecule has 1 amide bonds. The number of nitrogens with zero attached hydrogens (tertiary/aromatic N) is 1. The van der Waals surface area contributed by atoms with Gasteiger partial charge in [-0.2, -0.15) is 5.10 Å². The summed E-state index contributed by atoms with van der Waals surface area (Å²) in [4.78, 5) is 12.0. The molecule has 2 rings (SSSR count). The van der Waals surface area contributed by atoms with E-state index in [4.69, 9.17) is 4.74 Å². The third-order valence-corrected chi connectivity index (χ3v) is 3.23. The molecule has 0 aliphatic rings. The smallest absolute Gasteiger partial charge is 0.271 e. The maximum Gasteiger partial charge on any atom is 0.271 e. The second-order valence-electron chi connectivity index (χ2n) is 4.91.